The van der Waals surface area contributed by atoms with E-state index < -0.39 is 0 Å². The van der Waals surface area contributed by atoms with E-state index in [0.29, 0.717) is 38.5 Å². The number of hydrogen-bond acceptors (Lipinski definition) is 4. The average Bonchev–Trinajstić information content (AvgIpc) is 3.00. The first-order valence-electron chi connectivity index (χ1n) is 8.63. The summed E-state index contributed by atoms with van der Waals surface area (Å²) >= 11 is 0. The van der Waals surface area contributed by atoms with Crippen molar-refractivity contribution in [3.05, 3.63) is 0 Å². The van der Waals surface area contributed by atoms with Gasteiger partial charge in [-0.1, -0.05) is 6.92 Å². The Morgan fingerprint density at radius 3 is 2.62 bits per heavy atom. The summed E-state index contributed by atoms with van der Waals surface area (Å²) in [7, 11) is 0. The quantitative estimate of drug-likeness (QED) is 0.222. The summed E-state index contributed by atoms with van der Waals surface area (Å²) < 4.78 is 5.48. The molecular weight excluding hydrogens is 423 g/mol. The molecule has 0 aromatic carbocycles. The maximum atomic E-state index is 11.6. The number of rotatable bonds is 10. The van der Waals surface area contributed by atoms with Crippen LogP contribution in [0.4, 0.5) is 0 Å². The Hall–Kier alpha value is -0.610. The molecule has 1 saturated heterocycles. The molecule has 1 fully saturated rings. The highest BCUT2D eigenvalue weighted by Crippen LogP contribution is 2.32. The first-order chi connectivity index (χ1) is 11.2. The Balaban J connectivity index is 0.00000529. The predicted octanol–water partition coefficient (Wildman–Crippen LogP) is 0.865. The van der Waals surface area contributed by atoms with Gasteiger partial charge in [-0.3, -0.25) is 9.79 Å². The summed E-state index contributed by atoms with van der Waals surface area (Å²) in [5.41, 5.74) is -0.0599. The van der Waals surface area contributed by atoms with E-state index in [2.05, 4.69) is 20.9 Å². The van der Waals surface area contributed by atoms with E-state index in [9.17, 15) is 9.90 Å². The fraction of sp³-hybridized carbons (Fsp3) is 0.875. The molecule has 8 heteroatoms. The van der Waals surface area contributed by atoms with Gasteiger partial charge in [0.1, 0.15) is 0 Å². The Bertz CT molecular complexity index is 374. The van der Waals surface area contributed by atoms with Crippen molar-refractivity contribution in [3.63, 3.8) is 0 Å². The van der Waals surface area contributed by atoms with Crippen LogP contribution in [-0.2, 0) is 9.53 Å². The van der Waals surface area contributed by atoms with Crippen molar-refractivity contribution in [1.29, 1.82) is 0 Å². The Labute approximate surface area is 162 Å². The molecule has 0 spiro atoms. The number of hydrogen-bond donors (Lipinski definition) is 4. The van der Waals surface area contributed by atoms with Crippen LogP contribution in [0.3, 0.4) is 0 Å². The van der Waals surface area contributed by atoms with Gasteiger partial charge in [0.2, 0.25) is 5.91 Å². The lowest BCUT2D eigenvalue weighted by atomic mass is 9.84. The molecule has 7 nitrogen and oxygen atoms in total. The zero-order chi connectivity index (χ0) is 17.0. The smallest absolute Gasteiger partial charge is 0.221 e. The van der Waals surface area contributed by atoms with Crippen LogP contribution in [0, 0.1) is 5.41 Å². The molecule has 4 N–H and O–H groups in total. The Morgan fingerprint density at radius 1 is 1.25 bits per heavy atom. The minimum absolute atomic E-state index is 0. The number of amides is 1. The number of aliphatic hydroxyl groups excluding tert-OH is 1. The van der Waals surface area contributed by atoms with Crippen LogP contribution in [0.25, 0.3) is 0 Å². The number of carbonyl (C=O) groups excluding carboxylic acids is 1. The minimum Gasteiger partial charge on any atom is -0.396 e. The number of nitrogens with one attached hydrogen (secondary N) is 3. The van der Waals surface area contributed by atoms with E-state index in [4.69, 9.17) is 4.74 Å². The van der Waals surface area contributed by atoms with Crippen molar-refractivity contribution >= 4 is 35.8 Å². The Kier molecular flexibility index (Phi) is 13.3. The molecule has 0 saturated carbocycles. The average molecular weight is 456 g/mol. The normalized spacial score (nSPS) is 20.4. The maximum absolute atomic E-state index is 11.6. The molecule has 0 radical (unpaired) electrons. The monoisotopic (exact) mass is 456 g/mol. The van der Waals surface area contributed by atoms with Crippen LogP contribution in [0.5, 0.6) is 0 Å². The van der Waals surface area contributed by atoms with Crippen LogP contribution in [0.15, 0.2) is 4.99 Å². The van der Waals surface area contributed by atoms with Crippen molar-refractivity contribution in [1.82, 2.24) is 16.0 Å². The lowest BCUT2D eigenvalue weighted by Crippen LogP contribution is -2.40. The summed E-state index contributed by atoms with van der Waals surface area (Å²) in [6, 6.07) is 0. The summed E-state index contributed by atoms with van der Waals surface area (Å²) in [6.07, 6.45) is 3.00. The lowest BCUT2D eigenvalue weighted by molar-refractivity contribution is -0.120. The first kappa shape index (κ1) is 23.4. The van der Waals surface area contributed by atoms with E-state index >= 15 is 0 Å². The van der Waals surface area contributed by atoms with Crippen molar-refractivity contribution in [2.24, 2.45) is 10.4 Å². The van der Waals surface area contributed by atoms with Crippen LogP contribution >= 0.6 is 24.0 Å². The molecule has 1 heterocycles. The summed E-state index contributed by atoms with van der Waals surface area (Å²) in [5, 5.41) is 18.5. The number of carbonyl (C=O) groups is 1. The highest BCUT2D eigenvalue weighted by Gasteiger charge is 2.34. The number of aliphatic imine (C=N–C) groups is 1. The maximum Gasteiger partial charge on any atom is 0.221 e. The molecule has 1 amide bonds. The third-order valence-electron chi connectivity index (χ3n) is 3.96. The molecule has 1 aliphatic rings. The van der Waals surface area contributed by atoms with Gasteiger partial charge in [0.05, 0.1) is 13.2 Å². The third kappa shape index (κ3) is 9.03. The number of halogens is 1. The largest absolute Gasteiger partial charge is 0.396 e. The highest BCUT2D eigenvalue weighted by atomic mass is 127. The van der Waals surface area contributed by atoms with E-state index in [0.717, 1.165) is 32.5 Å². The van der Waals surface area contributed by atoms with E-state index in [1.165, 1.54) is 0 Å². The van der Waals surface area contributed by atoms with Crippen molar-refractivity contribution < 1.29 is 14.6 Å². The topological polar surface area (TPSA) is 95.0 Å². The van der Waals surface area contributed by atoms with Gasteiger partial charge in [-0.05, 0) is 26.2 Å². The number of ether oxygens (including phenoxy) is 1. The van der Waals surface area contributed by atoms with Crippen LogP contribution in [0.1, 0.15) is 39.5 Å². The van der Waals surface area contributed by atoms with Gasteiger partial charge in [0.25, 0.3) is 0 Å². The zero-order valence-corrected chi connectivity index (χ0v) is 17.2. The van der Waals surface area contributed by atoms with Crippen LogP contribution in [-0.4, -0.2) is 63.0 Å². The van der Waals surface area contributed by atoms with Gasteiger partial charge in [0, 0.05) is 44.7 Å². The molecular formula is C16H33IN4O3. The molecule has 0 aliphatic carbocycles. The van der Waals surface area contributed by atoms with Crippen LogP contribution in [0.2, 0.25) is 0 Å². The predicted molar refractivity (Wildman–Crippen MR) is 107 cm³/mol. The first-order valence-corrected chi connectivity index (χ1v) is 8.63. The fourth-order valence-corrected chi connectivity index (χ4v) is 2.52. The van der Waals surface area contributed by atoms with Crippen molar-refractivity contribution in [2.45, 2.75) is 39.5 Å². The van der Waals surface area contributed by atoms with Crippen molar-refractivity contribution in [3.8, 4) is 0 Å². The van der Waals surface area contributed by atoms with E-state index in [-0.39, 0.29) is 41.9 Å². The molecule has 0 aromatic rings. The lowest BCUT2D eigenvalue weighted by Gasteiger charge is -2.24. The molecule has 142 valence electrons. The molecule has 24 heavy (non-hydrogen) atoms. The van der Waals surface area contributed by atoms with Gasteiger partial charge >= 0.3 is 0 Å². The second-order valence-corrected chi connectivity index (χ2v) is 6.00. The number of aliphatic hydroxyl groups is 1. The number of nitrogens with zero attached hydrogens (tertiary/aromatic N) is 1. The molecule has 0 bridgehead atoms. The van der Waals surface area contributed by atoms with E-state index in [1.54, 1.807) is 0 Å². The second-order valence-electron chi connectivity index (χ2n) is 6.00. The zero-order valence-electron chi connectivity index (χ0n) is 14.9. The molecule has 0 aromatic heterocycles. The summed E-state index contributed by atoms with van der Waals surface area (Å²) in [4.78, 5) is 16.2. The van der Waals surface area contributed by atoms with Gasteiger partial charge in [-0.2, -0.15) is 0 Å². The SMILES string of the molecule is CCCNC(=O)CCNC(=NCC1(CCO)CCOC1)NCC.I. The molecule has 1 rings (SSSR count). The standard InChI is InChI=1S/C16H32N4O3.HI/c1-3-8-18-14(22)5-9-19-15(17-4-2)20-12-16(6-10-21)7-11-23-13-16;/h21H,3-13H2,1-2H3,(H,18,22)(H2,17,19,20);1H. The third-order valence-corrected chi connectivity index (χ3v) is 3.96. The van der Waals surface area contributed by atoms with Gasteiger partial charge < -0.3 is 25.8 Å². The minimum atomic E-state index is -0.0599. The fourth-order valence-electron chi connectivity index (χ4n) is 2.52. The summed E-state index contributed by atoms with van der Waals surface area (Å²) in [5.74, 6) is 0.760. The molecule has 1 atom stereocenters. The number of guanidine groups is 1. The summed E-state index contributed by atoms with van der Waals surface area (Å²) in [6.45, 7) is 8.22. The molecule has 1 aliphatic heterocycles. The second kappa shape index (κ2) is 13.7. The Morgan fingerprint density at radius 2 is 2.04 bits per heavy atom. The van der Waals surface area contributed by atoms with Gasteiger partial charge in [-0.25, -0.2) is 0 Å². The molecule has 1 unspecified atom stereocenters. The van der Waals surface area contributed by atoms with Crippen LogP contribution < -0.4 is 16.0 Å². The highest BCUT2D eigenvalue weighted by molar-refractivity contribution is 14.0. The van der Waals surface area contributed by atoms with Gasteiger partial charge in [0.15, 0.2) is 5.96 Å². The van der Waals surface area contributed by atoms with E-state index in [1.807, 2.05) is 13.8 Å². The van der Waals surface area contributed by atoms with Crippen molar-refractivity contribution in [2.75, 3.05) is 46.0 Å². The van der Waals surface area contributed by atoms with Gasteiger partial charge in [-0.15, -0.1) is 24.0 Å².